The van der Waals surface area contributed by atoms with Gasteiger partial charge in [-0.25, -0.2) is 0 Å². The summed E-state index contributed by atoms with van der Waals surface area (Å²) >= 11 is 0. The highest BCUT2D eigenvalue weighted by Gasteiger charge is 2.40. The lowest BCUT2D eigenvalue weighted by atomic mass is 9.74. The molecule has 1 saturated carbocycles. The van der Waals surface area contributed by atoms with E-state index < -0.39 is 11.8 Å². The van der Waals surface area contributed by atoms with E-state index in [2.05, 4.69) is 10.7 Å². The summed E-state index contributed by atoms with van der Waals surface area (Å²) < 4.78 is 9.38. The molecule has 4 nitrogen and oxygen atoms in total. The summed E-state index contributed by atoms with van der Waals surface area (Å²) in [5, 5.41) is 0. The first-order valence-electron chi connectivity index (χ1n) is 5.25. The highest BCUT2D eigenvalue weighted by atomic mass is 16.5. The Morgan fingerprint density at radius 3 is 2.19 bits per heavy atom. The predicted molar refractivity (Wildman–Crippen MR) is 57.2 cm³/mol. The Kier molecular flexibility index (Phi) is 4.36. The molecule has 0 saturated heterocycles. The van der Waals surface area contributed by atoms with E-state index in [9.17, 15) is 9.59 Å². The number of hydrogen-bond donors (Lipinski definition) is 0. The number of esters is 2. The van der Waals surface area contributed by atoms with Gasteiger partial charge in [-0.1, -0.05) is 0 Å². The van der Waals surface area contributed by atoms with Crippen molar-refractivity contribution in [3.05, 3.63) is 0 Å². The number of ether oxygens (including phenoxy) is 2. The van der Waals surface area contributed by atoms with Crippen molar-refractivity contribution in [2.45, 2.75) is 19.3 Å². The van der Waals surface area contributed by atoms with Gasteiger partial charge in [0.05, 0.1) is 26.1 Å². The standard InChI is InChI=1S/C12H16O4/c1-4-8-5-6-9(11(13)15-2)10(7-8)12(14)16-3/h1,8-10H,5-7H2,2-3H3. The molecule has 4 heteroatoms. The minimum absolute atomic E-state index is 0.0463. The zero-order chi connectivity index (χ0) is 12.1. The van der Waals surface area contributed by atoms with Gasteiger partial charge < -0.3 is 9.47 Å². The van der Waals surface area contributed by atoms with Gasteiger partial charge in [0.15, 0.2) is 0 Å². The molecule has 0 N–H and O–H groups in total. The largest absolute Gasteiger partial charge is 0.469 e. The molecule has 0 aromatic carbocycles. The van der Waals surface area contributed by atoms with Gasteiger partial charge in [-0.15, -0.1) is 12.3 Å². The van der Waals surface area contributed by atoms with E-state index in [1.54, 1.807) is 0 Å². The second kappa shape index (κ2) is 5.55. The lowest BCUT2D eigenvalue weighted by Gasteiger charge is -2.30. The summed E-state index contributed by atoms with van der Waals surface area (Å²) in [4.78, 5) is 23.1. The predicted octanol–water partition coefficient (Wildman–Crippen LogP) is 0.998. The Hall–Kier alpha value is -1.50. The van der Waals surface area contributed by atoms with E-state index in [4.69, 9.17) is 11.2 Å². The van der Waals surface area contributed by atoms with Gasteiger partial charge in [-0.2, -0.15) is 0 Å². The van der Waals surface area contributed by atoms with Crippen molar-refractivity contribution in [1.82, 2.24) is 0 Å². The van der Waals surface area contributed by atoms with Crippen LogP contribution in [0.3, 0.4) is 0 Å². The minimum Gasteiger partial charge on any atom is -0.469 e. The molecular formula is C12H16O4. The lowest BCUT2D eigenvalue weighted by molar-refractivity contribution is -0.160. The van der Waals surface area contributed by atoms with Crippen molar-refractivity contribution in [2.24, 2.45) is 17.8 Å². The van der Waals surface area contributed by atoms with Gasteiger partial charge in [-0.3, -0.25) is 9.59 Å². The molecule has 3 unspecified atom stereocenters. The quantitative estimate of drug-likeness (QED) is 0.518. The second-order valence-corrected chi connectivity index (χ2v) is 3.94. The van der Waals surface area contributed by atoms with Gasteiger partial charge in [0.25, 0.3) is 0 Å². The molecule has 88 valence electrons. The molecule has 1 rings (SSSR count). The minimum atomic E-state index is -0.466. The van der Waals surface area contributed by atoms with Crippen LogP contribution in [0.5, 0.6) is 0 Å². The van der Waals surface area contributed by atoms with E-state index in [0.717, 1.165) is 6.42 Å². The normalized spacial score (nSPS) is 28.9. The van der Waals surface area contributed by atoms with Gasteiger partial charge in [-0.05, 0) is 19.3 Å². The van der Waals surface area contributed by atoms with E-state index >= 15 is 0 Å². The van der Waals surface area contributed by atoms with Crippen LogP contribution in [-0.2, 0) is 19.1 Å². The average molecular weight is 224 g/mol. The van der Waals surface area contributed by atoms with Gasteiger partial charge in [0, 0.05) is 5.92 Å². The van der Waals surface area contributed by atoms with Crippen LogP contribution in [0, 0.1) is 30.1 Å². The summed E-state index contributed by atoms with van der Waals surface area (Å²) in [6.45, 7) is 0. The van der Waals surface area contributed by atoms with E-state index in [0.29, 0.717) is 12.8 Å². The molecule has 0 aromatic heterocycles. The zero-order valence-electron chi connectivity index (χ0n) is 9.56. The third-order valence-electron chi connectivity index (χ3n) is 3.09. The fourth-order valence-electron chi connectivity index (χ4n) is 2.17. The molecule has 3 atom stereocenters. The molecule has 1 fully saturated rings. The number of carbonyl (C=O) groups is 2. The molecule has 0 heterocycles. The maximum Gasteiger partial charge on any atom is 0.309 e. The molecule has 1 aliphatic rings. The highest BCUT2D eigenvalue weighted by molar-refractivity contribution is 5.82. The van der Waals surface area contributed by atoms with Crippen LogP contribution in [0.2, 0.25) is 0 Å². The zero-order valence-corrected chi connectivity index (χ0v) is 9.56. The summed E-state index contributed by atoms with van der Waals surface area (Å²) in [6.07, 6.45) is 7.18. The van der Waals surface area contributed by atoms with Crippen molar-refractivity contribution in [3.63, 3.8) is 0 Å². The highest BCUT2D eigenvalue weighted by Crippen LogP contribution is 2.35. The molecular weight excluding hydrogens is 208 g/mol. The molecule has 0 aromatic rings. The van der Waals surface area contributed by atoms with Gasteiger partial charge >= 0.3 is 11.9 Å². The van der Waals surface area contributed by atoms with Crippen LogP contribution in [0.4, 0.5) is 0 Å². The maximum absolute atomic E-state index is 11.6. The first-order valence-corrected chi connectivity index (χ1v) is 5.25. The fourth-order valence-corrected chi connectivity index (χ4v) is 2.17. The van der Waals surface area contributed by atoms with Crippen molar-refractivity contribution in [2.75, 3.05) is 14.2 Å². The summed E-state index contributed by atoms with van der Waals surface area (Å²) in [5.41, 5.74) is 0. The smallest absolute Gasteiger partial charge is 0.309 e. The number of methoxy groups -OCH3 is 2. The monoisotopic (exact) mass is 224 g/mol. The molecule has 0 aliphatic heterocycles. The van der Waals surface area contributed by atoms with E-state index in [1.165, 1.54) is 14.2 Å². The molecule has 0 radical (unpaired) electrons. The Balaban J connectivity index is 2.80. The Bertz CT molecular complexity index is 315. The van der Waals surface area contributed by atoms with Crippen molar-refractivity contribution in [3.8, 4) is 12.3 Å². The number of rotatable bonds is 2. The van der Waals surface area contributed by atoms with E-state index in [1.807, 2.05) is 0 Å². The van der Waals surface area contributed by atoms with E-state index in [-0.39, 0.29) is 17.9 Å². The molecule has 0 spiro atoms. The van der Waals surface area contributed by atoms with Crippen LogP contribution < -0.4 is 0 Å². The fraction of sp³-hybridized carbons (Fsp3) is 0.667. The first-order chi connectivity index (χ1) is 7.63. The SMILES string of the molecule is C#CC1CCC(C(=O)OC)C(C(=O)OC)C1. The Labute approximate surface area is 95.3 Å². The van der Waals surface area contributed by atoms with Crippen molar-refractivity contribution >= 4 is 11.9 Å². The Morgan fingerprint density at radius 1 is 1.12 bits per heavy atom. The average Bonchev–Trinajstić information content (AvgIpc) is 2.36. The third-order valence-corrected chi connectivity index (χ3v) is 3.09. The van der Waals surface area contributed by atoms with Crippen LogP contribution in [0.15, 0.2) is 0 Å². The van der Waals surface area contributed by atoms with Gasteiger partial charge in [0.1, 0.15) is 0 Å². The number of carbonyl (C=O) groups excluding carboxylic acids is 2. The lowest BCUT2D eigenvalue weighted by Crippen LogP contribution is -2.36. The number of hydrogen-bond acceptors (Lipinski definition) is 4. The van der Waals surface area contributed by atoms with Crippen molar-refractivity contribution < 1.29 is 19.1 Å². The topological polar surface area (TPSA) is 52.6 Å². The van der Waals surface area contributed by atoms with Crippen LogP contribution in [0.25, 0.3) is 0 Å². The molecule has 0 bridgehead atoms. The maximum atomic E-state index is 11.6. The van der Waals surface area contributed by atoms with Crippen LogP contribution in [-0.4, -0.2) is 26.2 Å². The van der Waals surface area contributed by atoms with Crippen LogP contribution in [0.1, 0.15) is 19.3 Å². The summed E-state index contributed by atoms with van der Waals surface area (Å²) in [5.74, 6) is 1.06. The number of terminal acetylenes is 1. The molecule has 0 amide bonds. The molecule has 1 aliphatic carbocycles. The van der Waals surface area contributed by atoms with Crippen LogP contribution >= 0.6 is 0 Å². The summed E-state index contributed by atoms with van der Waals surface area (Å²) in [7, 11) is 2.64. The molecule has 16 heavy (non-hydrogen) atoms. The third kappa shape index (κ3) is 2.54. The van der Waals surface area contributed by atoms with Crippen molar-refractivity contribution in [1.29, 1.82) is 0 Å². The van der Waals surface area contributed by atoms with Gasteiger partial charge in [0.2, 0.25) is 0 Å². The first kappa shape index (κ1) is 12.6. The second-order valence-electron chi connectivity index (χ2n) is 3.94. The summed E-state index contributed by atoms with van der Waals surface area (Å²) in [6, 6.07) is 0. The Morgan fingerprint density at radius 2 is 1.69 bits per heavy atom.